The van der Waals surface area contributed by atoms with Crippen molar-refractivity contribution in [2.75, 3.05) is 32.1 Å². The molecule has 0 amide bonds. The third-order valence-electron chi connectivity index (χ3n) is 7.49. The van der Waals surface area contributed by atoms with E-state index in [0.717, 1.165) is 24.5 Å². The summed E-state index contributed by atoms with van der Waals surface area (Å²) in [5.41, 5.74) is 3.48. The Bertz CT molecular complexity index is 992. The van der Waals surface area contributed by atoms with Crippen LogP contribution in [0.5, 0.6) is 11.5 Å². The molecule has 3 saturated heterocycles. The summed E-state index contributed by atoms with van der Waals surface area (Å²) in [4.78, 5) is 4.98. The number of hydrogen-bond donors (Lipinski definition) is 1. The van der Waals surface area contributed by atoms with Gasteiger partial charge in [-0.05, 0) is 55.1 Å². The van der Waals surface area contributed by atoms with Gasteiger partial charge in [0.1, 0.15) is 17.2 Å². The van der Waals surface area contributed by atoms with Gasteiger partial charge >= 0.3 is 0 Å². The number of benzene rings is 3. The third-order valence-corrected chi connectivity index (χ3v) is 7.49. The number of hydrogen-bond acceptors (Lipinski definition) is 4. The number of anilines is 1. The van der Waals surface area contributed by atoms with Gasteiger partial charge in [-0.3, -0.25) is 4.90 Å². The van der Waals surface area contributed by atoms with E-state index in [2.05, 4.69) is 77.5 Å². The van der Waals surface area contributed by atoms with E-state index < -0.39 is 0 Å². The second-order valence-electron chi connectivity index (χ2n) is 9.09. The topological polar surface area (TPSA) is 35.9 Å². The van der Waals surface area contributed by atoms with Gasteiger partial charge in [0.05, 0.1) is 7.11 Å². The largest absolute Gasteiger partial charge is 0.506 e. The molecule has 6 rings (SSSR count). The maximum atomic E-state index is 10.8. The molecule has 4 nitrogen and oxygen atoms in total. The molecule has 3 fully saturated rings. The summed E-state index contributed by atoms with van der Waals surface area (Å²) in [6.45, 7) is 2.27. The highest BCUT2D eigenvalue weighted by atomic mass is 16.5. The lowest BCUT2D eigenvalue weighted by Crippen LogP contribution is -2.65. The average Bonchev–Trinajstić information content (AvgIpc) is 2.85. The summed E-state index contributed by atoms with van der Waals surface area (Å²) in [7, 11) is 3.81. The highest BCUT2D eigenvalue weighted by Crippen LogP contribution is 2.47. The number of likely N-dealkylation sites (N-methyl/N-ethyl adjacent to an activating group) is 1. The number of phenolic OH excluding ortho intramolecular Hbond substituents is 1. The zero-order valence-corrected chi connectivity index (χ0v) is 18.9. The van der Waals surface area contributed by atoms with Crippen molar-refractivity contribution in [3.8, 4) is 11.5 Å². The van der Waals surface area contributed by atoms with Gasteiger partial charge < -0.3 is 14.7 Å². The van der Waals surface area contributed by atoms with E-state index in [1.54, 1.807) is 13.2 Å². The Labute approximate surface area is 191 Å². The lowest BCUT2D eigenvalue weighted by Gasteiger charge is -2.56. The Morgan fingerprint density at radius 3 is 2.03 bits per heavy atom. The molecule has 3 aliphatic heterocycles. The summed E-state index contributed by atoms with van der Waals surface area (Å²) in [5.74, 6) is 1.83. The fourth-order valence-corrected chi connectivity index (χ4v) is 6.09. The van der Waals surface area contributed by atoms with Gasteiger partial charge in [-0.1, -0.05) is 66.7 Å². The SMILES string of the molecule is COc1cccc(O)c1N(C)[C@@H]1C2CCN(CC2)[C@@H]1C(c1ccccc1)c1ccccc1. The van der Waals surface area contributed by atoms with Gasteiger partial charge in [0.2, 0.25) is 0 Å². The molecule has 4 heteroatoms. The van der Waals surface area contributed by atoms with Crippen molar-refractivity contribution in [3.05, 3.63) is 90.0 Å². The number of rotatable bonds is 6. The molecule has 0 radical (unpaired) electrons. The normalized spacial score (nSPS) is 24.5. The van der Waals surface area contributed by atoms with Gasteiger partial charge in [-0.2, -0.15) is 0 Å². The number of ether oxygens (including phenoxy) is 1. The number of methoxy groups -OCH3 is 1. The van der Waals surface area contributed by atoms with E-state index in [9.17, 15) is 5.11 Å². The molecular weight excluding hydrogens is 396 g/mol. The van der Waals surface area contributed by atoms with Crippen LogP contribution in [0, 0.1) is 5.92 Å². The third kappa shape index (κ3) is 3.63. The minimum Gasteiger partial charge on any atom is -0.506 e. The number of piperidine rings is 3. The first-order chi connectivity index (χ1) is 15.7. The smallest absolute Gasteiger partial charge is 0.145 e. The van der Waals surface area contributed by atoms with Gasteiger partial charge in [0.15, 0.2) is 0 Å². The molecule has 2 atom stereocenters. The van der Waals surface area contributed by atoms with E-state index in [0.29, 0.717) is 12.0 Å². The molecule has 3 aromatic rings. The average molecular weight is 429 g/mol. The number of nitrogens with zero attached hydrogens (tertiary/aromatic N) is 2. The molecule has 0 saturated carbocycles. The summed E-state index contributed by atoms with van der Waals surface area (Å²) in [6.07, 6.45) is 2.38. The van der Waals surface area contributed by atoms with E-state index in [-0.39, 0.29) is 17.7 Å². The first kappa shape index (κ1) is 20.9. The fourth-order valence-electron chi connectivity index (χ4n) is 6.09. The highest BCUT2D eigenvalue weighted by molar-refractivity contribution is 5.68. The molecule has 1 N–H and O–H groups in total. The zero-order chi connectivity index (χ0) is 22.1. The second kappa shape index (κ2) is 8.87. The molecule has 3 aliphatic rings. The number of aromatic hydroxyl groups is 1. The molecule has 3 heterocycles. The molecule has 166 valence electrons. The van der Waals surface area contributed by atoms with Crippen LogP contribution in [0.4, 0.5) is 5.69 Å². The van der Waals surface area contributed by atoms with Crippen molar-refractivity contribution < 1.29 is 9.84 Å². The summed E-state index contributed by atoms with van der Waals surface area (Å²) in [6, 6.07) is 27.9. The maximum absolute atomic E-state index is 10.8. The number of para-hydroxylation sites is 1. The van der Waals surface area contributed by atoms with Crippen molar-refractivity contribution >= 4 is 5.69 Å². The minimum atomic E-state index is 0.254. The lowest BCUT2D eigenvalue weighted by atomic mass is 9.70. The van der Waals surface area contributed by atoms with Gasteiger partial charge in [0.25, 0.3) is 0 Å². The summed E-state index contributed by atoms with van der Waals surface area (Å²) in [5, 5.41) is 10.8. The molecule has 2 bridgehead atoms. The molecule has 3 aromatic carbocycles. The second-order valence-corrected chi connectivity index (χ2v) is 9.09. The summed E-state index contributed by atoms with van der Waals surface area (Å²) < 4.78 is 5.67. The van der Waals surface area contributed by atoms with E-state index >= 15 is 0 Å². The Hall–Kier alpha value is -2.98. The van der Waals surface area contributed by atoms with Gasteiger partial charge in [-0.25, -0.2) is 0 Å². The van der Waals surface area contributed by atoms with Crippen LogP contribution in [0.3, 0.4) is 0 Å². The van der Waals surface area contributed by atoms with Crippen molar-refractivity contribution in [3.63, 3.8) is 0 Å². The van der Waals surface area contributed by atoms with Gasteiger partial charge in [0, 0.05) is 25.0 Å². The minimum absolute atomic E-state index is 0.254. The summed E-state index contributed by atoms with van der Waals surface area (Å²) >= 11 is 0. The first-order valence-corrected chi connectivity index (χ1v) is 11.6. The molecule has 0 aromatic heterocycles. The molecule has 32 heavy (non-hydrogen) atoms. The quantitative estimate of drug-likeness (QED) is 0.590. The standard InChI is InChI=1S/C28H32N2O2/c1-29(27-23(31)14-9-15-24(27)32-2)26-22-16-18-30(19-17-22)28(26)25(20-10-5-3-6-11-20)21-12-7-4-8-13-21/h3-15,22,25-26,28,31H,16-19H2,1-2H3/t26-,28-/m1/s1. The molecule has 0 unspecified atom stereocenters. The van der Waals surface area contributed by atoms with Crippen LogP contribution in [-0.4, -0.2) is 49.3 Å². The van der Waals surface area contributed by atoms with Crippen LogP contribution in [0.1, 0.15) is 29.9 Å². The Morgan fingerprint density at radius 2 is 1.47 bits per heavy atom. The number of phenols is 1. The van der Waals surface area contributed by atoms with E-state index in [1.807, 2.05) is 12.1 Å². The molecule has 0 spiro atoms. The zero-order valence-electron chi connectivity index (χ0n) is 18.9. The van der Waals surface area contributed by atoms with Crippen molar-refractivity contribution in [1.29, 1.82) is 0 Å². The van der Waals surface area contributed by atoms with Crippen molar-refractivity contribution in [1.82, 2.24) is 4.90 Å². The number of fused-ring (bicyclic) bond motifs is 3. The fraction of sp³-hybridized carbons (Fsp3) is 0.357. The Balaban J connectivity index is 1.63. The first-order valence-electron chi connectivity index (χ1n) is 11.6. The van der Waals surface area contributed by atoms with Crippen molar-refractivity contribution in [2.24, 2.45) is 5.92 Å². The molecule has 0 aliphatic carbocycles. The van der Waals surface area contributed by atoms with Crippen LogP contribution >= 0.6 is 0 Å². The Morgan fingerprint density at radius 1 is 0.875 bits per heavy atom. The highest BCUT2D eigenvalue weighted by Gasteiger charge is 2.48. The van der Waals surface area contributed by atoms with Crippen LogP contribution in [0.15, 0.2) is 78.9 Å². The van der Waals surface area contributed by atoms with Crippen LogP contribution in [0.2, 0.25) is 0 Å². The van der Waals surface area contributed by atoms with Crippen LogP contribution in [-0.2, 0) is 0 Å². The van der Waals surface area contributed by atoms with Gasteiger partial charge in [-0.15, -0.1) is 0 Å². The van der Waals surface area contributed by atoms with Crippen LogP contribution < -0.4 is 9.64 Å². The predicted octanol–water partition coefficient (Wildman–Crippen LogP) is 5.13. The lowest BCUT2D eigenvalue weighted by molar-refractivity contribution is 0.0184. The maximum Gasteiger partial charge on any atom is 0.145 e. The van der Waals surface area contributed by atoms with E-state index in [4.69, 9.17) is 4.74 Å². The van der Waals surface area contributed by atoms with Crippen molar-refractivity contribution in [2.45, 2.75) is 30.8 Å². The molecular formula is C28H32N2O2. The Kier molecular flexibility index (Phi) is 5.79. The van der Waals surface area contributed by atoms with Crippen LogP contribution in [0.25, 0.3) is 0 Å². The van der Waals surface area contributed by atoms with E-state index in [1.165, 1.54) is 24.0 Å². The predicted molar refractivity (Wildman–Crippen MR) is 130 cm³/mol. The monoisotopic (exact) mass is 428 g/mol.